The van der Waals surface area contributed by atoms with Gasteiger partial charge in [0.1, 0.15) is 11.5 Å². The lowest BCUT2D eigenvalue weighted by Crippen LogP contribution is -2.32. The number of phenolic OH excluding ortho intramolecular Hbond substituents is 1. The zero-order chi connectivity index (χ0) is 12.8. The summed E-state index contributed by atoms with van der Waals surface area (Å²) in [5, 5.41) is 15.2. The lowest BCUT2D eigenvalue weighted by Gasteiger charge is -2.10. The first-order valence-corrected chi connectivity index (χ1v) is 5.43. The molecule has 1 aromatic rings. The number of amides is 1. The van der Waals surface area contributed by atoms with Crippen molar-refractivity contribution in [2.75, 3.05) is 19.0 Å². The summed E-state index contributed by atoms with van der Waals surface area (Å²) in [5.41, 5.74) is 0.376. The molecule has 0 aliphatic rings. The molecule has 0 aromatic heterocycles. The molecule has 0 spiro atoms. The number of hydrogen-bond donors (Lipinski definition) is 3. The van der Waals surface area contributed by atoms with E-state index >= 15 is 0 Å². The molecule has 0 heterocycles. The summed E-state index contributed by atoms with van der Waals surface area (Å²) in [5.74, 6) is 0.335. The number of nitrogens with one attached hydrogen (secondary N) is 2. The summed E-state index contributed by atoms with van der Waals surface area (Å²) in [7, 11) is 1.51. The van der Waals surface area contributed by atoms with E-state index in [1.54, 1.807) is 12.1 Å². The van der Waals surface area contributed by atoms with Gasteiger partial charge in [-0.2, -0.15) is 0 Å². The van der Waals surface area contributed by atoms with Crippen molar-refractivity contribution in [1.29, 1.82) is 0 Å². The molecule has 0 saturated heterocycles. The van der Waals surface area contributed by atoms with Crippen LogP contribution in [0.25, 0.3) is 0 Å². The molecule has 0 atom stereocenters. The molecule has 94 valence electrons. The molecule has 0 aliphatic heterocycles. The van der Waals surface area contributed by atoms with Crippen molar-refractivity contribution in [1.82, 2.24) is 5.32 Å². The molecule has 0 fully saturated rings. The van der Waals surface area contributed by atoms with E-state index in [0.29, 0.717) is 11.4 Å². The lowest BCUT2D eigenvalue weighted by atomic mass is 10.2. The van der Waals surface area contributed by atoms with E-state index in [-0.39, 0.29) is 24.2 Å². The minimum atomic E-state index is -0.195. The second-order valence-electron chi connectivity index (χ2n) is 3.97. The van der Waals surface area contributed by atoms with Crippen LogP contribution < -0.4 is 15.4 Å². The Morgan fingerprint density at radius 1 is 1.47 bits per heavy atom. The summed E-state index contributed by atoms with van der Waals surface area (Å²) < 4.78 is 4.95. The highest BCUT2D eigenvalue weighted by Gasteiger charge is 2.07. The van der Waals surface area contributed by atoms with Crippen molar-refractivity contribution in [3.05, 3.63) is 18.2 Å². The van der Waals surface area contributed by atoms with E-state index in [4.69, 9.17) is 4.74 Å². The third-order valence-electron chi connectivity index (χ3n) is 2.15. The minimum absolute atomic E-state index is 0.0118. The number of aromatic hydroxyl groups is 1. The molecule has 0 saturated carbocycles. The third-order valence-corrected chi connectivity index (χ3v) is 2.15. The van der Waals surface area contributed by atoms with Crippen LogP contribution in [-0.4, -0.2) is 30.7 Å². The highest BCUT2D eigenvalue weighted by atomic mass is 16.5. The Morgan fingerprint density at radius 3 is 2.71 bits per heavy atom. The van der Waals surface area contributed by atoms with Gasteiger partial charge in [0.2, 0.25) is 5.91 Å². The molecule has 1 amide bonds. The monoisotopic (exact) mass is 238 g/mol. The van der Waals surface area contributed by atoms with Crippen LogP contribution in [0.3, 0.4) is 0 Å². The quantitative estimate of drug-likeness (QED) is 0.677. The van der Waals surface area contributed by atoms with Crippen LogP contribution in [0.5, 0.6) is 11.5 Å². The SMILES string of the molecule is COc1ccc(NC(=O)CNC(C)C)c(O)c1. The predicted octanol–water partition coefficient (Wildman–Crippen LogP) is 1.34. The van der Waals surface area contributed by atoms with Crippen molar-refractivity contribution in [2.45, 2.75) is 19.9 Å². The molecule has 1 rings (SSSR count). The van der Waals surface area contributed by atoms with Gasteiger partial charge in [0.05, 0.1) is 19.3 Å². The maximum absolute atomic E-state index is 11.5. The topological polar surface area (TPSA) is 70.6 Å². The molecule has 0 bridgehead atoms. The standard InChI is InChI=1S/C12H18N2O3/c1-8(2)13-7-12(16)14-10-5-4-9(17-3)6-11(10)15/h4-6,8,13,15H,7H2,1-3H3,(H,14,16). The highest BCUT2D eigenvalue weighted by Crippen LogP contribution is 2.27. The number of phenols is 1. The van der Waals surface area contributed by atoms with Crippen LogP contribution in [0.4, 0.5) is 5.69 Å². The van der Waals surface area contributed by atoms with Crippen LogP contribution in [0.2, 0.25) is 0 Å². The number of anilines is 1. The van der Waals surface area contributed by atoms with Gasteiger partial charge in [-0.05, 0) is 12.1 Å². The van der Waals surface area contributed by atoms with E-state index < -0.39 is 0 Å². The second kappa shape index (κ2) is 6.10. The summed E-state index contributed by atoms with van der Waals surface area (Å²) in [4.78, 5) is 11.5. The first-order valence-electron chi connectivity index (χ1n) is 5.43. The first-order chi connectivity index (χ1) is 8.02. The second-order valence-corrected chi connectivity index (χ2v) is 3.97. The normalized spacial score (nSPS) is 10.4. The fraction of sp³-hybridized carbons (Fsp3) is 0.417. The van der Waals surface area contributed by atoms with Crippen LogP contribution in [0.15, 0.2) is 18.2 Å². The fourth-order valence-electron chi connectivity index (χ4n) is 1.24. The molecular formula is C12H18N2O3. The summed E-state index contributed by atoms with van der Waals surface area (Å²) >= 11 is 0. The number of ether oxygens (including phenoxy) is 1. The zero-order valence-corrected chi connectivity index (χ0v) is 10.3. The van der Waals surface area contributed by atoms with Crippen molar-refractivity contribution in [2.24, 2.45) is 0 Å². The third kappa shape index (κ3) is 4.32. The number of carbonyl (C=O) groups excluding carboxylic acids is 1. The van der Waals surface area contributed by atoms with Gasteiger partial charge in [-0.1, -0.05) is 13.8 Å². The maximum atomic E-state index is 11.5. The molecule has 1 aromatic carbocycles. The smallest absolute Gasteiger partial charge is 0.238 e. The number of rotatable bonds is 5. The van der Waals surface area contributed by atoms with Gasteiger partial charge < -0.3 is 20.5 Å². The van der Waals surface area contributed by atoms with Crippen LogP contribution >= 0.6 is 0 Å². The zero-order valence-electron chi connectivity index (χ0n) is 10.3. The number of benzene rings is 1. The molecule has 17 heavy (non-hydrogen) atoms. The Morgan fingerprint density at radius 2 is 2.18 bits per heavy atom. The lowest BCUT2D eigenvalue weighted by molar-refractivity contribution is -0.115. The van der Waals surface area contributed by atoms with E-state index in [9.17, 15) is 9.90 Å². The minimum Gasteiger partial charge on any atom is -0.506 e. The maximum Gasteiger partial charge on any atom is 0.238 e. The van der Waals surface area contributed by atoms with Crippen molar-refractivity contribution in [3.8, 4) is 11.5 Å². The largest absolute Gasteiger partial charge is 0.506 e. The first kappa shape index (κ1) is 13.3. The Kier molecular flexibility index (Phi) is 4.78. The molecule has 0 aliphatic carbocycles. The predicted molar refractivity (Wildman–Crippen MR) is 66.4 cm³/mol. The van der Waals surface area contributed by atoms with E-state index in [1.165, 1.54) is 13.2 Å². The van der Waals surface area contributed by atoms with Crippen molar-refractivity contribution < 1.29 is 14.6 Å². The molecule has 5 heteroatoms. The van der Waals surface area contributed by atoms with Gasteiger partial charge in [-0.15, -0.1) is 0 Å². The average Bonchev–Trinajstić information content (AvgIpc) is 2.29. The van der Waals surface area contributed by atoms with E-state index in [2.05, 4.69) is 10.6 Å². The Hall–Kier alpha value is -1.75. The molecule has 0 unspecified atom stereocenters. The van der Waals surface area contributed by atoms with Crippen LogP contribution in [0.1, 0.15) is 13.8 Å². The van der Waals surface area contributed by atoms with Crippen molar-refractivity contribution in [3.63, 3.8) is 0 Å². The molecular weight excluding hydrogens is 220 g/mol. The Bertz CT molecular complexity index is 391. The fourth-order valence-corrected chi connectivity index (χ4v) is 1.24. The highest BCUT2D eigenvalue weighted by molar-refractivity contribution is 5.93. The number of hydrogen-bond acceptors (Lipinski definition) is 4. The summed E-state index contributed by atoms with van der Waals surface area (Å²) in [6.45, 7) is 4.12. The molecule has 3 N–H and O–H groups in total. The number of carbonyl (C=O) groups is 1. The molecule has 5 nitrogen and oxygen atoms in total. The number of methoxy groups -OCH3 is 1. The van der Waals surface area contributed by atoms with Crippen LogP contribution in [-0.2, 0) is 4.79 Å². The Labute approximate surface area is 101 Å². The summed E-state index contributed by atoms with van der Waals surface area (Å²) in [6, 6.07) is 4.96. The average molecular weight is 238 g/mol. The Balaban J connectivity index is 2.59. The van der Waals surface area contributed by atoms with Gasteiger partial charge in [0, 0.05) is 12.1 Å². The van der Waals surface area contributed by atoms with E-state index in [1.807, 2.05) is 13.8 Å². The van der Waals surface area contributed by atoms with E-state index in [0.717, 1.165) is 0 Å². The van der Waals surface area contributed by atoms with Gasteiger partial charge >= 0.3 is 0 Å². The van der Waals surface area contributed by atoms with Crippen molar-refractivity contribution >= 4 is 11.6 Å². The van der Waals surface area contributed by atoms with Gasteiger partial charge in [0.25, 0.3) is 0 Å². The van der Waals surface area contributed by atoms with Gasteiger partial charge in [-0.3, -0.25) is 4.79 Å². The summed E-state index contributed by atoms with van der Waals surface area (Å²) in [6.07, 6.45) is 0. The van der Waals surface area contributed by atoms with Crippen LogP contribution in [0, 0.1) is 0 Å². The molecule has 0 radical (unpaired) electrons. The van der Waals surface area contributed by atoms with Gasteiger partial charge in [-0.25, -0.2) is 0 Å². The van der Waals surface area contributed by atoms with Gasteiger partial charge in [0.15, 0.2) is 0 Å².